The Morgan fingerprint density at radius 3 is 3.00 bits per heavy atom. The summed E-state index contributed by atoms with van der Waals surface area (Å²) in [6, 6.07) is 0. The van der Waals surface area contributed by atoms with E-state index in [9.17, 15) is 9.59 Å². The van der Waals surface area contributed by atoms with E-state index in [1.54, 1.807) is 11.8 Å². The van der Waals surface area contributed by atoms with E-state index in [0.717, 1.165) is 12.8 Å². The van der Waals surface area contributed by atoms with E-state index in [1.165, 1.54) is 11.3 Å². The third kappa shape index (κ3) is 3.47. The van der Waals surface area contributed by atoms with Gasteiger partial charge in [0.25, 0.3) is 5.91 Å². The molecule has 6 nitrogen and oxygen atoms in total. The van der Waals surface area contributed by atoms with Gasteiger partial charge >= 0.3 is 6.09 Å². The van der Waals surface area contributed by atoms with Crippen LogP contribution in [-0.2, 0) is 16.6 Å². The second-order valence-corrected chi connectivity index (χ2v) is 5.60. The van der Waals surface area contributed by atoms with Crippen LogP contribution in [0.1, 0.15) is 19.8 Å². The smallest absolute Gasteiger partial charge is 0.409 e. The molecule has 20 heavy (non-hydrogen) atoms. The fraction of sp³-hybridized carbons (Fsp3) is 0.615. The summed E-state index contributed by atoms with van der Waals surface area (Å²) in [4.78, 5) is 30.3. The summed E-state index contributed by atoms with van der Waals surface area (Å²) in [5.41, 5.74) is 0. The first-order valence-corrected chi connectivity index (χ1v) is 7.60. The molecule has 2 rings (SSSR count). The summed E-state index contributed by atoms with van der Waals surface area (Å²) < 4.78 is 6.79. The fourth-order valence-corrected chi connectivity index (χ4v) is 2.91. The minimum atomic E-state index is -0.341. The van der Waals surface area contributed by atoms with E-state index in [0.29, 0.717) is 24.5 Å². The van der Waals surface area contributed by atoms with E-state index in [4.69, 9.17) is 4.74 Å². The Morgan fingerprint density at radius 1 is 1.55 bits per heavy atom. The van der Waals surface area contributed by atoms with Crippen LogP contribution >= 0.6 is 11.3 Å². The summed E-state index contributed by atoms with van der Waals surface area (Å²) in [6.07, 6.45) is 3.10. The zero-order chi connectivity index (χ0) is 14.5. The lowest BCUT2D eigenvalue weighted by Crippen LogP contribution is -2.42. The van der Waals surface area contributed by atoms with Crippen molar-refractivity contribution in [2.45, 2.75) is 19.8 Å². The number of hydrogen-bond donors (Lipinski definition) is 0. The van der Waals surface area contributed by atoms with Crippen molar-refractivity contribution in [3.05, 3.63) is 16.4 Å². The number of carbonyl (C=O) groups is 2. The van der Waals surface area contributed by atoms with Crippen LogP contribution < -0.4 is 4.80 Å². The van der Waals surface area contributed by atoms with Gasteiger partial charge < -0.3 is 14.2 Å². The molecule has 1 aliphatic heterocycles. The number of thiazole rings is 1. The maximum Gasteiger partial charge on any atom is 0.409 e. The molecule has 1 aromatic heterocycles. The SMILES string of the molecule is CCOC(=O)N1CCCC(C(=O)N=c2sccn2C)C1. The summed E-state index contributed by atoms with van der Waals surface area (Å²) in [5, 5.41) is 1.89. The number of ether oxygens (including phenoxy) is 1. The lowest BCUT2D eigenvalue weighted by atomic mass is 9.98. The van der Waals surface area contributed by atoms with E-state index in [1.807, 2.05) is 23.2 Å². The van der Waals surface area contributed by atoms with Crippen molar-refractivity contribution >= 4 is 23.3 Å². The molecule has 2 heterocycles. The monoisotopic (exact) mass is 297 g/mol. The molecule has 1 fully saturated rings. The largest absolute Gasteiger partial charge is 0.450 e. The predicted octanol–water partition coefficient (Wildman–Crippen LogP) is 1.38. The predicted molar refractivity (Wildman–Crippen MR) is 75.2 cm³/mol. The van der Waals surface area contributed by atoms with Crippen molar-refractivity contribution in [1.82, 2.24) is 9.47 Å². The molecule has 0 N–H and O–H groups in total. The Morgan fingerprint density at radius 2 is 2.35 bits per heavy atom. The van der Waals surface area contributed by atoms with Gasteiger partial charge in [0.05, 0.1) is 12.5 Å². The normalized spacial score (nSPS) is 20.0. The first-order chi connectivity index (χ1) is 9.61. The number of nitrogens with zero attached hydrogens (tertiary/aromatic N) is 3. The summed E-state index contributed by atoms with van der Waals surface area (Å²) >= 11 is 1.43. The van der Waals surface area contributed by atoms with Crippen LogP contribution in [0.25, 0.3) is 0 Å². The number of carbonyl (C=O) groups excluding carboxylic acids is 2. The van der Waals surface area contributed by atoms with Gasteiger partial charge in [-0.2, -0.15) is 4.99 Å². The number of likely N-dealkylation sites (tertiary alicyclic amines) is 1. The summed E-state index contributed by atoms with van der Waals surface area (Å²) in [5.74, 6) is -0.382. The molecule has 1 aromatic rings. The number of aryl methyl sites for hydroxylation is 1. The summed E-state index contributed by atoms with van der Waals surface area (Å²) in [7, 11) is 1.86. The van der Waals surface area contributed by atoms with Gasteiger partial charge in [0, 0.05) is 31.7 Å². The number of amides is 2. The van der Waals surface area contributed by atoms with Crippen molar-refractivity contribution in [3.8, 4) is 0 Å². The molecule has 1 atom stereocenters. The fourth-order valence-electron chi connectivity index (χ4n) is 2.18. The average Bonchev–Trinajstić information content (AvgIpc) is 2.85. The van der Waals surface area contributed by atoms with Crippen molar-refractivity contribution in [1.29, 1.82) is 0 Å². The molecule has 1 aliphatic rings. The van der Waals surface area contributed by atoms with Crippen LogP contribution in [0.15, 0.2) is 16.6 Å². The van der Waals surface area contributed by atoms with E-state index in [-0.39, 0.29) is 17.9 Å². The molecule has 0 radical (unpaired) electrons. The third-order valence-corrected chi connectivity index (χ3v) is 4.11. The molecular formula is C13H19N3O3S. The van der Waals surface area contributed by atoms with Crippen LogP contribution in [0.3, 0.4) is 0 Å². The Bertz CT molecular complexity index is 549. The van der Waals surface area contributed by atoms with Crippen molar-refractivity contribution in [3.63, 3.8) is 0 Å². The first kappa shape index (κ1) is 14.8. The molecule has 2 amide bonds. The Hall–Kier alpha value is -1.63. The van der Waals surface area contributed by atoms with E-state index >= 15 is 0 Å². The number of rotatable bonds is 2. The first-order valence-electron chi connectivity index (χ1n) is 6.72. The zero-order valence-corrected chi connectivity index (χ0v) is 12.6. The second-order valence-electron chi connectivity index (χ2n) is 4.73. The van der Waals surface area contributed by atoms with Gasteiger partial charge in [0.15, 0.2) is 4.80 Å². The van der Waals surface area contributed by atoms with Gasteiger partial charge in [-0.1, -0.05) is 0 Å². The molecule has 0 bridgehead atoms. The Labute approximate surface area is 121 Å². The maximum absolute atomic E-state index is 12.2. The van der Waals surface area contributed by atoms with Gasteiger partial charge in [0.2, 0.25) is 0 Å². The highest BCUT2D eigenvalue weighted by molar-refractivity contribution is 7.07. The lowest BCUT2D eigenvalue weighted by molar-refractivity contribution is -0.123. The summed E-state index contributed by atoms with van der Waals surface area (Å²) in [6.45, 7) is 3.17. The van der Waals surface area contributed by atoms with Crippen LogP contribution in [0.4, 0.5) is 4.79 Å². The molecule has 1 saturated heterocycles. The van der Waals surface area contributed by atoms with Crippen molar-refractivity contribution < 1.29 is 14.3 Å². The van der Waals surface area contributed by atoms with Gasteiger partial charge in [-0.25, -0.2) is 4.79 Å². The topological polar surface area (TPSA) is 63.9 Å². The molecule has 1 unspecified atom stereocenters. The van der Waals surface area contributed by atoms with Crippen LogP contribution in [0, 0.1) is 5.92 Å². The maximum atomic E-state index is 12.2. The number of piperidine rings is 1. The van der Waals surface area contributed by atoms with Crippen LogP contribution in [0.2, 0.25) is 0 Å². The van der Waals surface area contributed by atoms with Gasteiger partial charge in [-0.15, -0.1) is 11.3 Å². The van der Waals surface area contributed by atoms with Crippen LogP contribution in [0.5, 0.6) is 0 Å². The minimum Gasteiger partial charge on any atom is -0.450 e. The molecule has 0 aliphatic carbocycles. The molecule has 0 aromatic carbocycles. The zero-order valence-electron chi connectivity index (χ0n) is 11.7. The quantitative estimate of drug-likeness (QED) is 0.828. The highest BCUT2D eigenvalue weighted by Gasteiger charge is 2.28. The van der Waals surface area contributed by atoms with Crippen LogP contribution in [-0.4, -0.2) is 41.2 Å². The van der Waals surface area contributed by atoms with Crippen molar-refractivity contribution in [2.24, 2.45) is 18.0 Å². The third-order valence-electron chi connectivity index (χ3n) is 3.26. The highest BCUT2D eigenvalue weighted by atomic mass is 32.1. The second kappa shape index (κ2) is 6.69. The lowest BCUT2D eigenvalue weighted by Gasteiger charge is -2.30. The molecular weight excluding hydrogens is 278 g/mol. The molecule has 0 saturated carbocycles. The number of aromatic nitrogens is 1. The highest BCUT2D eigenvalue weighted by Crippen LogP contribution is 2.18. The van der Waals surface area contributed by atoms with Crippen molar-refractivity contribution in [2.75, 3.05) is 19.7 Å². The standard InChI is InChI=1S/C13H19N3O3S/c1-3-19-13(18)16-6-4-5-10(9-16)11(17)14-12-15(2)7-8-20-12/h7-8,10H,3-6,9H2,1-2H3. The molecule has 110 valence electrons. The van der Waals surface area contributed by atoms with Gasteiger partial charge in [-0.3, -0.25) is 4.79 Å². The van der Waals surface area contributed by atoms with Gasteiger partial charge in [0.1, 0.15) is 0 Å². The average molecular weight is 297 g/mol. The van der Waals surface area contributed by atoms with E-state index < -0.39 is 0 Å². The number of hydrogen-bond acceptors (Lipinski definition) is 4. The molecule has 0 spiro atoms. The Kier molecular flexibility index (Phi) is 4.94. The Balaban J connectivity index is 2.04. The van der Waals surface area contributed by atoms with E-state index in [2.05, 4.69) is 4.99 Å². The minimum absolute atomic E-state index is 0.156. The molecule has 7 heteroatoms. The van der Waals surface area contributed by atoms with Gasteiger partial charge in [-0.05, 0) is 19.8 Å².